The highest BCUT2D eigenvalue weighted by molar-refractivity contribution is 5.64. The fraction of sp³-hybridized carbons (Fsp3) is 0. The van der Waals surface area contributed by atoms with E-state index in [0.29, 0.717) is 16.8 Å². The van der Waals surface area contributed by atoms with Crippen LogP contribution in [0.5, 0.6) is 5.88 Å². The lowest BCUT2D eigenvalue weighted by Crippen LogP contribution is -1.99. The Morgan fingerprint density at radius 3 is 2.33 bits per heavy atom. The van der Waals surface area contributed by atoms with Crippen LogP contribution in [-0.4, -0.2) is 15.1 Å². The normalized spacial score (nSPS) is 9.80. The summed E-state index contributed by atoms with van der Waals surface area (Å²) in [5.74, 6) is -0.204. The molecule has 1 aromatic heterocycles. The van der Waals surface area contributed by atoms with E-state index in [-0.39, 0.29) is 5.88 Å². The maximum absolute atomic E-state index is 10.9. The van der Waals surface area contributed by atoms with E-state index in [9.17, 15) is 9.90 Å². The Kier molecular flexibility index (Phi) is 2.03. The number of aromatic nitrogens is 2. The zero-order valence-electron chi connectivity index (χ0n) is 7.61. The minimum atomic E-state index is -0.466. The van der Waals surface area contributed by atoms with Crippen LogP contribution in [0.15, 0.2) is 29.1 Å². The Labute approximate surface area is 84.6 Å². The van der Waals surface area contributed by atoms with Crippen molar-refractivity contribution in [3.63, 3.8) is 0 Å². The third-order valence-corrected chi connectivity index (χ3v) is 2.01. The molecule has 0 fully saturated rings. The lowest BCUT2D eigenvalue weighted by molar-refractivity contribution is 0.457. The molecule has 0 aliphatic carbocycles. The number of nitriles is 1. The standard InChI is InChI=1S/C10H7N3O2/c11-5-6-1-3-7(4-2-6)8-9(14)13-10(15)12-8/h1-4,14H,(H2,12,13,15). The largest absolute Gasteiger partial charge is 0.493 e. The summed E-state index contributed by atoms with van der Waals surface area (Å²) in [5, 5.41) is 18.0. The summed E-state index contributed by atoms with van der Waals surface area (Å²) in [4.78, 5) is 15.6. The number of H-pyrrole nitrogens is 2. The number of nitrogens with zero attached hydrogens (tertiary/aromatic N) is 1. The number of aromatic amines is 2. The smallest absolute Gasteiger partial charge is 0.326 e. The number of imidazole rings is 1. The molecule has 0 saturated carbocycles. The summed E-state index contributed by atoms with van der Waals surface area (Å²) < 4.78 is 0. The van der Waals surface area contributed by atoms with Gasteiger partial charge in [-0.2, -0.15) is 5.26 Å². The van der Waals surface area contributed by atoms with Crippen molar-refractivity contribution in [3.8, 4) is 23.2 Å². The second-order valence-corrected chi connectivity index (χ2v) is 2.99. The molecule has 5 heteroatoms. The van der Waals surface area contributed by atoms with E-state index in [0.717, 1.165) is 0 Å². The summed E-state index contributed by atoms with van der Waals surface area (Å²) in [6.45, 7) is 0. The third kappa shape index (κ3) is 1.60. The van der Waals surface area contributed by atoms with E-state index in [4.69, 9.17) is 5.26 Å². The van der Waals surface area contributed by atoms with Crippen molar-refractivity contribution in [1.29, 1.82) is 5.26 Å². The second kappa shape index (κ2) is 3.35. The number of hydrogen-bond donors (Lipinski definition) is 3. The van der Waals surface area contributed by atoms with E-state index in [1.807, 2.05) is 6.07 Å². The number of aromatic hydroxyl groups is 1. The van der Waals surface area contributed by atoms with Gasteiger partial charge in [-0.1, -0.05) is 12.1 Å². The molecule has 0 radical (unpaired) electrons. The molecule has 5 nitrogen and oxygen atoms in total. The average Bonchev–Trinajstić information content (AvgIpc) is 2.58. The van der Waals surface area contributed by atoms with Crippen LogP contribution in [-0.2, 0) is 0 Å². The molecule has 0 unspecified atom stereocenters. The van der Waals surface area contributed by atoms with Gasteiger partial charge in [0.25, 0.3) is 0 Å². The van der Waals surface area contributed by atoms with Crippen LogP contribution >= 0.6 is 0 Å². The molecular formula is C10H7N3O2. The first-order valence-corrected chi connectivity index (χ1v) is 4.22. The summed E-state index contributed by atoms with van der Waals surface area (Å²) in [5.41, 5.74) is 1.03. The van der Waals surface area contributed by atoms with Crippen molar-refractivity contribution >= 4 is 0 Å². The van der Waals surface area contributed by atoms with Gasteiger partial charge in [0.1, 0.15) is 5.69 Å². The highest BCUT2D eigenvalue weighted by Gasteiger charge is 2.07. The van der Waals surface area contributed by atoms with Crippen molar-refractivity contribution in [2.75, 3.05) is 0 Å². The van der Waals surface area contributed by atoms with Crippen LogP contribution in [0.4, 0.5) is 0 Å². The zero-order valence-corrected chi connectivity index (χ0v) is 7.61. The predicted octanol–water partition coefficient (Wildman–Crippen LogP) is 0.947. The molecule has 0 bridgehead atoms. The first-order valence-electron chi connectivity index (χ1n) is 4.22. The Balaban J connectivity index is 2.51. The van der Waals surface area contributed by atoms with Gasteiger partial charge in [0.15, 0.2) is 0 Å². The van der Waals surface area contributed by atoms with Crippen molar-refractivity contribution in [2.24, 2.45) is 0 Å². The van der Waals surface area contributed by atoms with E-state index in [1.165, 1.54) is 0 Å². The van der Waals surface area contributed by atoms with Crippen molar-refractivity contribution < 1.29 is 5.11 Å². The van der Waals surface area contributed by atoms with E-state index in [2.05, 4.69) is 9.97 Å². The molecule has 0 aliphatic rings. The first kappa shape index (κ1) is 9.09. The minimum absolute atomic E-state index is 0.204. The van der Waals surface area contributed by atoms with Crippen molar-refractivity contribution in [1.82, 2.24) is 9.97 Å². The maximum Gasteiger partial charge on any atom is 0.326 e. The van der Waals surface area contributed by atoms with Gasteiger partial charge in [-0.25, -0.2) is 4.79 Å². The van der Waals surface area contributed by atoms with Crippen LogP contribution in [0.25, 0.3) is 11.3 Å². The van der Waals surface area contributed by atoms with E-state index in [1.54, 1.807) is 24.3 Å². The average molecular weight is 201 g/mol. The van der Waals surface area contributed by atoms with Crippen LogP contribution in [0.3, 0.4) is 0 Å². The maximum atomic E-state index is 10.9. The summed E-state index contributed by atoms with van der Waals surface area (Å²) in [6, 6.07) is 8.51. The predicted molar refractivity (Wildman–Crippen MR) is 53.2 cm³/mol. The quantitative estimate of drug-likeness (QED) is 0.641. The highest BCUT2D eigenvalue weighted by atomic mass is 16.3. The third-order valence-electron chi connectivity index (χ3n) is 2.01. The molecule has 3 N–H and O–H groups in total. The Morgan fingerprint density at radius 1 is 1.20 bits per heavy atom. The van der Waals surface area contributed by atoms with Gasteiger partial charge < -0.3 is 10.1 Å². The van der Waals surface area contributed by atoms with Gasteiger partial charge >= 0.3 is 5.69 Å². The molecule has 2 rings (SSSR count). The lowest BCUT2D eigenvalue weighted by Gasteiger charge is -1.97. The summed E-state index contributed by atoms with van der Waals surface area (Å²) in [7, 11) is 0. The molecule has 0 spiro atoms. The van der Waals surface area contributed by atoms with Crippen LogP contribution in [0.2, 0.25) is 0 Å². The second-order valence-electron chi connectivity index (χ2n) is 2.99. The fourth-order valence-electron chi connectivity index (χ4n) is 1.29. The zero-order chi connectivity index (χ0) is 10.8. The van der Waals surface area contributed by atoms with Gasteiger partial charge in [-0.3, -0.25) is 4.98 Å². The minimum Gasteiger partial charge on any atom is -0.493 e. The Morgan fingerprint density at radius 2 is 1.87 bits per heavy atom. The number of benzene rings is 1. The molecule has 2 aromatic rings. The molecule has 0 atom stereocenters. The van der Waals surface area contributed by atoms with Gasteiger partial charge in [0.2, 0.25) is 5.88 Å². The molecule has 1 aromatic carbocycles. The van der Waals surface area contributed by atoms with Crippen LogP contribution in [0.1, 0.15) is 5.56 Å². The van der Waals surface area contributed by atoms with E-state index < -0.39 is 5.69 Å². The Bertz CT molecular complexity index is 572. The van der Waals surface area contributed by atoms with Crippen molar-refractivity contribution in [2.45, 2.75) is 0 Å². The topological polar surface area (TPSA) is 92.7 Å². The first-order chi connectivity index (χ1) is 7.20. The van der Waals surface area contributed by atoms with Gasteiger partial charge in [-0.05, 0) is 12.1 Å². The Hall–Kier alpha value is -2.48. The van der Waals surface area contributed by atoms with Crippen LogP contribution < -0.4 is 5.69 Å². The fourth-order valence-corrected chi connectivity index (χ4v) is 1.29. The number of hydrogen-bond acceptors (Lipinski definition) is 3. The molecule has 0 aliphatic heterocycles. The summed E-state index contributed by atoms with van der Waals surface area (Å²) in [6.07, 6.45) is 0. The number of rotatable bonds is 1. The monoisotopic (exact) mass is 201 g/mol. The molecule has 0 amide bonds. The van der Waals surface area contributed by atoms with Crippen LogP contribution in [0, 0.1) is 11.3 Å². The summed E-state index contributed by atoms with van der Waals surface area (Å²) >= 11 is 0. The molecular weight excluding hydrogens is 194 g/mol. The highest BCUT2D eigenvalue weighted by Crippen LogP contribution is 2.23. The molecule has 1 heterocycles. The van der Waals surface area contributed by atoms with Gasteiger partial charge in [-0.15, -0.1) is 0 Å². The molecule has 0 saturated heterocycles. The van der Waals surface area contributed by atoms with Gasteiger partial charge in [0.05, 0.1) is 11.6 Å². The van der Waals surface area contributed by atoms with Gasteiger partial charge in [0, 0.05) is 5.56 Å². The number of nitrogens with one attached hydrogen (secondary N) is 2. The molecule has 74 valence electrons. The lowest BCUT2D eigenvalue weighted by atomic mass is 10.1. The molecule has 15 heavy (non-hydrogen) atoms. The van der Waals surface area contributed by atoms with Crippen molar-refractivity contribution in [3.05, 3.63) is 40.3 Å². The van der Waals surface area contributed by atoms with E-state index >= 15 is 0 Å². The SMILES string of the molecule is N#Cc1ccc(-c2[nH]c(=O)[nH]c2O)cc1.